The molecule has 0 radical (unpaired) electrons. The number of aromatic amines is 1. The Morgan fingerprint density at radius 1 is 1.07 bits per heavy atom. The first kappa shape index (κ1) is 9.40. The van der Waals surface area contributed by atoms with Crippen LogP contribution in [-0.4, -0.2) is 9.97 Å². The van der Waals surface area contributed by atoms with E-state index in [-0.39, 0.29) is 5.56 Å². The zero-order valence-corrected chi connectivity index (χ0v) is 8.05. The van der Waals surface area contributed by atoms with Gasteiger partial charge < -0.3 is 4.98 Å². The largest absolute Gasteiger partial charge is 0.323 e. The molecular weight excluding hydrogens is 188 g/mol. The summed E-state index contributed by atoms with van der Waals surface area (Å²) in [4.78, 5) is 17.8. The molecule has 0 saturated heterocycles. The van der Waals surface area contributed by atoms with Crippen LogP contribution in [0.15, 0.2) is 47.4 Å². The van der Waals surface area contributed by atoms with Gasteiger partial charge in [-0.15, -0.1) is 0 Å². The highest BCUT2D eigenvalue weighted by Crippen LogP contribution is 2.01. The van der Waals surface area contributed by atoms with Crippen LogP contribution in [0.4, 0.5) is 0 Å². The average Bonchev–Trinajstić information content (AvgIpc) is 2.28. The predicted molar refractivity (Wildman–Crippen MR) is 60.2 cm³/mol. The van der Waals surface area contributed by atoms with Crippen LogP contribution >= 0.6 is 0 Å². The van der Waals surface area contributed by atoms with E-state index in [4.69, 9.17) is 0 Å². The highest BCUT2D eigenvalue weighted by atomic mass is 16.1. The number of pyridine rings is 2. The van der Waals surface area contributed by atoms with Crippen molar-refractivity contribution in [3.63, 3.8) is 0 Å². The maximum Gasteiger partial charge on any atom is 0.248 e. The summed E-state index contributed by atoms with van der Waals surface area (Å²) in [6.45, 7) is 0. The molecule has 0 unspecified atom stereocenters. The molecule has 3 nitrogen and oxygen atoms in total. The normalized spacial score (nSPS) is 10.7. The van der Waals surface area contributed by atoms with Crippen molar-refractivity contribution in [1.82, 2.24) is 9.97 Å². The van der Waals surface area contributed by atoms with Gasteiger partial charge in [-0.2, -0.15) is 0 Å². The van der Waals surface area contributed by atoms with Crippen molar-refractivity contribution in [3.05, 3.63) is 64.3 Å². The third-order valence-electron chi connectivity index (χ3n) is 1.91. The van der Waals surface area contributed by atoms with E-state index in [0.717, 1.165) is 11.4 Å². The fourth-order valence-electron chi connectivity index (χ4n) is 1.21. The predicted octanol–water partition coefficient (Wildman–Crippen LogP) is 1.94. The van der Waals surface area contributed by atoms with E-state index in [1.807, 2.05) is 36.4 Å². The SMILES string of the molecule is O=c1cccc(/C=C\c2ccccn2)[nH]1. The van der Waals surface area contributed by atoms with Crippen LogP contribution in [0.2, 0.25) is 0 Å². The summed E-state index contributed by atoms with van der Waals surface area (Å²) in [5.74, 6) is 0. The minimum Gasteiger partial charge on any atom is -0.323 e. The number of nitrogens with zero attached hydrogens (tertiary/aromatic N) is 1. The molecule has 3 heteroatoms. The molecule has 0 aromatic carbocycles. The Morgan fingerprint density at radius 3 is 2.73 bits per heavy atom. The Bertz CT molecular complexity index is 514. The molecule has 2 rings (SSSR count). The van der Waals surface area contributed by atoms with Crippen molar-refractivity contribution in [1.29, 1.82) is 0 Å². The van der Waals surface area contributed by atoms with Crippen molar-refractivity contribution < 1.29 is 0 Å². The van der Waals surface area contributed by atoms with Crippen LogP contribution in [0.1, 0.15) is 11.4 Å². The van der Waals surface area contributed by atoms with Crippen LogP contribution in [0.25, 0.3) is 12.2 Å². The molecule has 0 spiro atoms. The maximum atomic E-state index is 11.0. The van der Waals surface area contributed by atoms with E-state index in [1.54, 1.807) is 12.3 Å². The lowest BCUT2D eigenvalue weighted by molar-refractivity contribution is 1.21. The molecule has 1 N–H and O–H groups in total. The lowest BCUT2D eigenvalue weighted by atomic mass is 10.3. The van der Waals surface area contributed by atoms with Gasteiger partial charge in [0.05, 0.1) is 5.69 Å². The third-order valence-corrected chi connectivity index (χ3v) is 1.91. The number of H-pyrrole nitrogens is 1. The molecule has 0 fully saturated rings. The second kappa shape index (κ2) is 4.37. The monoisotopic (exact) mass is 198 g/mol. The third kappa shape index (κ3) is 2.64. The second-order valence-corrected chi connectivity index (χ2v) is 3.06. The molecule has 74 valence electrons. The fourth-order valence-corrected chi connectivity index (χ4v) is 1.21. The van der Waals surface area contributed by atoms with Gasteiger partial charge in [-0.1, -0.05) is 12.1 Å². The molecule has 0 amide bonds. The summed E-state index contributed by atoms with van der Waals surface area (Å²) in [5, 5.41) is 0. The smallest absolute Gasteiger partial charge is 0.248 e. The summed E-state index contributed by atoms with van der Waals surface area (Å²) in [6.07, 6.45) is 5.41. The van der Waals surface area contributed by atoms with Crippen molar-refractivity contribution in [2.24, 2.45) is 0 Å². The first-order chi connectivity index (χ1) is 7.34. The summed E-state index contributed by atoms with van der Waals surface area (Å²) in [6, 6.07) is 10.7. The van der Waals surface area contributed by atoms with Crippen LogP contribution in [0.3, 0.4) is 0 Å². The van der Waals surface area contributed by atoms with Gasteiger partial charge >= 0.3 is 0 Å². The van der Waals surface area contributed by atoms with E-state index >= 15 is 0 Å². The Labute approximate surface area is 87.1 Å². The first-order valence-electron chi connectivity index (χ1n) is 4.63. The Morgan fingerprint density at radius 2 is 2.00 bits per heavy atom. The molecule has 0 atom stereocenters. The van der Waals surface area contributed by atoms with Crippen molar-refractivity contribution in [2.45, 2.75) is 0 Å². The average molecular weight is 198 g/mol. The van der Waals surface area contributed by atoms with Crippen molar-refractivity contribution in [2.75, 3.05) is 0 Å². The molecule has 0 aliphatic rings. The molecule has 2 heterocycles. The molecule has 15 heavy (non-hydrogen) atoms. The van der Waals surface area contributed by atoms with E-state index in [0.29, 0.717) is 0 Å². The Balaban J connectivity index is 2.23. The Hall–Kier alpha value is -2.16. The van der Waals surface area contributed by atoms with Gasteiger partial charge in [0.1, 0.15) is 0 Å². The topological polar surface area (TPSA) is 45.8 Å². The molecule has 0 saturated carbocycles. The zero-order chi connectivity index (χ0) is 10.5. The number of nitrogens with one attached hydrogen (secondary N) is 1. The van der Waals surface area contributed by atoms with Crippen LogP contribution in [0, 0.1) is 0 Å². The van der Waals surface area contributed by atoms with E-state index in [2.05, 4.69) is 9.97 Å². The summed E-state index contributed by atoms with van der Waals surface area (Å²) in [7, 11) is 0. The van der Waals surface area contributed by atoms with Gasteiger partial charge in [-0.25, -0.2) is 0 Å². The molecular formula is C12H10N2O. The van der Waals surface area contributed by atoms with Crippen molar-refractivity contribution in [3.8, 4) is 0 Å². The molecule has 2 aromatic rings. The van der Waals surface area contributed by atoms with Gasteiger partial charge in [0.25, 0.3) is 0 Å². The number of rotatable bonds is 2. The van der Waals surface area contributed by atoms with Gasteiger partial charge in [0.15, 0.2) is 0 Å². The molecule has 0 bridgehead atoms. The highest BCUT2D eigenvalue weighted by Gasteiger charge is 1.88. The van der Waals surface area contributed by atoms with E-state index in [1.165, 1.54) is 6.07 Å². The molecule has 2 aromatic heterocycles. The fraction of sp³-hybridized carbons (Fsp3) is 0. The lowest BCUT2D eigenvalue weighted by Gasteiger charge is -1.92. The van der Waals surface area contributed by atoms with Gasteiger partial charge in [-0.05, 0) is 30.4 Å². The second-order valence-electron chi connectivity index (χ2n) is 3.06. The summed E-state index contributed by atoms with van der Waals surface area (Å²) >= 11 is 0. The van der Waals surface area contributed by atoms with Crippen LogP contribution in [0.5, 0.6) is 0 Å². The minimum atomic E-state index is -0.0989. The van der Waals surface area contributed by atoms with Gasteiger partial charge in [0, 0.05) is 18.0 Å². The molecule has 0 aliphatic heterocycles. The van der Waals surface area contributed by atoms with Gasteiger partial charge in [-0.3, -0.25) is 9.78 Å². The molecule has 0 aliphatic carbocycles. The van der Waals surface area contributed by atoms with Crippen molar-refractivity contribution >= 4 is 12.2 Å². The number of aromatic nitrogens is 2. The summed E-state index contributed by atoms with van der Waals surface area (Å²) in [5.41, 5.74) is 1.54. The number of hydrogen-bond donors (Lipinski definition) is 1. The van der Waals surface area contributed by atoms with Crippen LogP contribution in [-0.2, 0) is 0 Å². The standard InChI is InChI=1S/C12H10N2O/c15-12-6-3-5-11(14-12)8-7-10-4-1-2-9-13-10/h1-9H,(H,14,15)/b8-7-. The number of hydrogen-bond acceptors (Lipinski definition) is 2. The van der Waals surface area contributed by atoms with Crippen LogP contribution < -0.4 is 5.56 Å². The quantitative estimate of drug-likeness (QED) is 0.801. The Kier molecular flexibility index (Phi) is 2.74. The van der Waals surface area contributed by atoms with E-state index in [9.17, 15) is 4.79 Å². The van der Waals surface area contributed by atoms with Gasteiger partial charge in [0.2, 0.25) is 5.56 Å². The lowest BCUT2D eigenvalue weighted by Crippen LogP contribution is -2.03. The van der Waals surface area contributed by atoms with E-state index < -0.39 is 0 Å². The minimum absolute atomic E-state index is 0.0989. The highest BCUT2D eigenvalue weighted by molar-refractivity contribution is 5.65. The maximum absolute atomic E-state index is 11.0. The summed E-state index contributed by atoms with van der Waals surface area (Å²) < 4.78 is 0. The first-order valence-corrected chi connectivity index (χ1v) is 4.63. The zero-order valence-electron chi connectivity index (χ0n) is 8.05.